The van der Waals surface area contributed by atoms with E-state index in [4.69, 9.17) is 5.11 Å². The Bertz CT molecular complexity index is 2410. The summed E-state index contributed by atoms with van der Waals surface area (Å²) in [6.07, 6.45) is 6.95. The standard InChI is InChI=1S/C20H17N5O.C19H17N3O3/c1-2-25-20(26)18(11-17(24-25)14-7-9-21-10-8-14)23-19-13-22-12-15-5-3-4-6-16(15)19;1-2-22-18(23)17(12-16(21-22)13-6-4-3-5-7-13)20-15-10-8-14(9-11-15)19(24)25/h3-13,23H,2H2,1H3;3-12,20H,2H2,1H3,(H,24,25). The number of hydrogen-bond donors (Lipinski definition) is 3. The number of carboxylic acids is 1. The second-order valence-corrected chi connectivity index (χ2v) is 11.3. The van der Waals surface area contributed by atoms with Crippen molar-refractivity contribution in [2.75, 3.05) is 10.6 Å². The molecule has 0 atom stereocenters. The number of carbonyl (C=O) groups is 1. The number of nitrogens with zero attached hydrogens (tertiary/aromatic N) is 6. The van der Waals surface area contributed by atoms with E-state index in [1.54, 1.807) is 49.1 Å². The molecule has 254 valence electrons. The summed E-state index contributed by atoms with van der Waals surface area (Å²) >= 11 is 0. The van der Waals surface area contributed by atoms with Crippen LogP contribution in [0.15, 0.2) is 138 Å². The van der Waals surface area contributed by atoms with Crippen molar-refractivity contribution in [3.8, 4) is 22.5 Å². The number of rotatable bonds is 9. The van der Waals surface area contributed by atoms with Gasteiger partial charge in [-0.3, -0.25) is 19.6 Å². The van der Waals surface area contributed by atoms with Crippen molar-refractivity contribution in [3.63, 3.8) is 0 Å². The number of anilines is 4. The minimum absolute atomic E-state index is 0.168. The number of carboxylic acid groups (broad SMARTS) is 1. The molecule has 0 aliphatic carbocycles. The lowest BCUT2D eigenvalue weighted by Gasteiger charge is -2.12. The molecule has 12 nitrogen and oxygen atoms in total. The van der Waals surface area contributed by atoms with E-state index in [1.165, 1.54) is 21.5 Å². The Kier molecular flexibility index (Phi) is 10.3. The molecular weight excluding hydrogens is 644 g/mol. The van der Waals surface area contributed by atoms with E-state index in [-0.39, 0.29) is 16.7 Å². The molecular formula is C39H34N8O4. The Morgan fingerprint density at radius 1 is 0.647 bits per heavy atom. The van der Waals surface area contributed by atoms with Crippen LogP contribution in [0.25, 0.3) is 33.3 Å². The van der Waals surface area contributed by atoms with E-state index < -0.39 is 5.97 Å². The molecule has 3 N–H and O–H groups in total. The van der Waals surface area contributed by atoms with Gasteiger partial charge in [0.2, 0.25) is 0 Å². The molecule has 0 aliphatic heterocycles. The Labute approximate surface area is 292 Å². The van der Waals surface area contributed by atoms with Crippen molar-refractivity contribution in [3.05, 3.63) is 154 Å². The highest BCUT2D eigenvalue weighted by Crippen LogP contribution is 2.26. The van der Waals surface area contributed by atoms with Gasteiger partial charge in [0, 0.05) is 59.3 Å². The van der Waals surface area contributed by atoms with Crippen LogP contribution in [-0.4, -0.2) is 40.6 Å². The number of aromatic carboxylic acids is 1. The quantitative estimate of drug-likeness (QED) is 0.145. The molecule has 0 aliphatic rings. The maximum atomic E-state index is 12.7. The third-order valence-corrected chi connectivity index (χ3v) is 7.94. The summed E-state index contributed by atoms with van der Waals surface area (Å²) in [5, 5.41) is 26.1. The van der Waals surface area contributed by atoms with Crippen molar-refractivity contribution >= 4 is 39.5 Å². The number of pyridine rings is 2. The smallest absolute Gasteiger partial charge is 0.335 e. The number of benzene rings is 3. The lowest BCUT2D eigenvalue weighted by atomic mass is 10.1. The first-order valence-electron chi connectivity index (χ1n) is 16.2. The zero-order valence-electron chi connectivity index (χ0n) is 27.9. The first-order valence-corrected chi connectivity index (χ1v) is 16.2. The van der Waals surface area contributed by atoms with E-state index in [9.17, 15) is 14.4 Å². The fourth-order valence-corrected chi connectivity index (χ4v) is 5.32. The van der Waals surface area contributed by atoms with E-state index in [1.807, 2.05) is 80.6 Å². The number of fused-ring (bicyclic) bond motifs is 1. The Morgan fingerprint density at radius 2 is 1.22 bits per heavy atom. The molecule has 4 aromatic heterocycles. The van der Waals surface area contributed by atoms with Gasteiger partial charge in [-0.15, -0.1) is 0 Å². The van der Waals surface area contributed by atoms with Crippen molar-refractivity contribution in [1.82, 2.24) is 29.5 Å². The fraction of sp³-hybridized carbons (Fsp3) is 0.103. The van der Waals surface area contributed by atoms with Gasteiger partial charge in [0.25, 0.3) is 11.1 Å². The van der Waals surface area contributed by atoms with Gasteiger partial charge in [-0.2, -0.15) is 10.2 Å². The van der Waals surface area contributed by atoms with Gasteiger partial charge in [0.15, 0.2) is 0 Å². The topological polar surface area (TPSA) is 157 Å². The molecule has 7 aromatic rings. The molecule has 7 rings (SSSR count). The maximum Gasteiger partial charge on any atom is 0.335 e. The highest BCUT2D eigenvalue weighted by atomic mass is 16.4. The van der Waals surface area contributed by atoms with Gasteiger partial charge < -0.3 is 15.7 Å². The van der Waals surface area contributed by atoms with Gasteiger partial charge in [-0.05, 0) is 62.4 Å². The van der Waals surface area contributed by atoms with Crippen molar-refractivity contribution in [1.29, 1.82) is 0 Å². The summed E-state index contributed by atoms with van der Waals surface area (Å²) in [4.78, 5) is 44.5. The van der Waals surface area contributed by atoms with E-state index in [2.05, 4.69) is 30.8 Å². The molecule has 0 fully saturated rings. The summed E-state index contributed by atoms with van der Waals surface area (Å²) in [7, 11) is 0. The molecule has 4 heterocycles. The molecule has 0 spiro atoms. The van der Waals surface area contributed by atoms with Crippen LogP contribution in [0.3, 0.4) is 0 Å². The Balaban J connectivity index is 0.000000176. The van der Waals surface area contributed by atoms with Crippen molar-refractivity contribution in [2.45, 2.75) is 26.9 Å². The largest absolute Gasteiger partial charge is 0.478 e. The van der Waals surface area contributed by atoms with Crippen LogP contribution in [0, 0.1) is 0 Å². The maximum absolute atomic E-state index is 12.7. The average molecular weight is 679 g/mol. The minimum Gasteiger partial charge on any atom is -0.478 e. The molecule has 12 heteroatoms. The SMILES string of the molecule is CCn1nc(-c2ccccc2)cc(Nc2ccc(C(=O)O)cc2)c1=O.CCn1nc(-c2ccncc2)cc(Nc2cncc3ccccc23)c1=O. The zero-order valence-corrected chi connectivity index (χ0v) is 27.9. The number of hydrogen-bond acceptors (Lipinski definition) is 9. The van der Waals surface area contributed by atoms with Gasteiger partial charge in [0.05, 0.1) is 28.8 Å². The predicted molar refractivity (Wildman–Crippen MR) is 199 cm³/mol. The lowest BCUT2D eigenvalue weighted by Crippen LogP contribution is -2.24. The minimum atomic E-state index is -0.991. The third kappa shape index (κ3) is 7.86. The summed E-state index contributed by atoms with van der Waals surface area (Å²) in [5.41, 5.74) is 5.28. The predicted octanol–water partition coefficient (Wildman–Crippen LogP) is 6.99. The normalized spacial score (nSPS) is 10.6. The third-order valence-electron chi connectivity index (χ3n) is 7.94. The average Bonchev–Trinajstić information content (AvgIpc) is 3.17. The highest BCUT2D eigenvalue weighted by molar-refractivity contribution is 5.94. The number of aromatic nitrogens is 6. The van der Waals surface area contributed by atoms with Gasteiger partial charge in [-0.1, -0.05) is 54.6 Å². The molecule has 0 radical (unpaired) electrons. The first kappa shape index (κ1) is 33.9. The Hall–Kier alpha value is -6.95. The van der Waals surface area contributed by atoms with Crippen LogP contribution in [0.2, 0.25) is 0 Å². The Morgan fingerprint density at radius 3 is 1.82 bits per heavy atom. The van der Waals surface area contributed by atoms with Crippen LogP contribution in [0.5, 0.6) is 0 Å². The second kappa shape index (κ2) is 15.5. The zero-order chi connectivity index (χ0) is 35.7. The van der Waals surface area contributed by atoms with Gasteiger partial charge >= 0.3 is 5.97 Å². The van der Waals surface area contributed by atoms with Crippen LogP contribution >= 0.6 is 0 Å². The molecule has 51 heavy (non-hydrogen) atoms. The summed E-state index contributed by atoms with van der Waals surface area (Å²) in [6.45, 7) is 4.69. The number of nitrogens with one attached hydrogen (secondary N) is 2. The van der Waals surface area contributed by atoms with E-state index in [0.29, 0.717) is 41.5 Å². The van der Waals surface area contributed by atoms with Gasteiger partial charge in [-0.25, -0.2) is 14.2 Å². The van der Waals surface area contributed by atoms with Crippen LogP contribution in [-0.2, 0) is 13.1 Å². The van der Waals surface area contributed by atoms with E-state index in [0.717, 1.165) is 27.6 Å². The summed E-state index contributed by atoms with van der Waals surface area (Å²) in [6, 6.07) is 31.0. The van der Waals surface area contributed by atoms with Crippen LogP contribution in [0.1, 0.15) is 24.2 Å². The lowest BCUT2D eigenvalue weighted by molar-refractivity contribution is 0.0697. The molecule has 0 saturated carbocycles. The fourth-order valence-electron chi connectivity index (χ4n) is 5.32. The summed E-state index contributed by atoms with van der Waals surface area (Å²) in [5.74, 6) is -0.991. The molecule has 0 saturated heterocycles. The van der Waals surface area contributed by atoms with Gasteiger partial charge in [0.1, 0.15) is 11.4 Å². The number of aryl methyl sites for hydroxylation is 2. The van der Waals surface area contributed by atoms with Crippen molar-refractivity contribution in [2.24, 2.45) is 0 Å². The van der Waals surface area contributed by atoms with Crippen LogP contribution in [0.4, 0.5) is 22.7 Å². The molecule has 0 unspecified atom stereocenters. The molecule has 0 amide bonds. The monoisotopic (exact) mass is 678 g/mol. The first-order chi connectivity index (χ1) is 24.8. The van der Waals surface area contributed by atoms with Crippen molar-refractivity contribution < 1.29 is 9.90 Å². The highest BCUT2D eigenvalue weighted by Gasteiger charge is 2.12. The molecule has 3 aromatic carbocycles. The van der Waals surface area contributed by atoms with Crippen LogP contribution < -0.4 is 21.8 Å². The summed E-state index contributed by atoms with van der Waals surface area (Å²) < 4.78 is 2.85. The second-order valence-electron chi connectivity index (χ2n) is 11.3. The molecule has 0 bridgehead atoms. The van der Waals surface area contributed by atoms with E-state index >= 15 is 0 Å².